The third kappa shape index (κ3) is 4.55. The number of esters is 1. The van der Waals surface area contributed by atoms with Crippen molar-refractivity contribution in [2.75, 3.05) is 31.1 Å². The Morgan fingerprint density at radius 3 is 2.47 bits per heavy atom. The fraction of sp³-hybridized carbons (Fsp3) is 0.481. The molecule has 180 valence electrons. The van der Waals surface area contributed by atoms with Gasteiger partial charge in [0.25, 0.3) is 0 Å². The molecule has 7 nitrogen and oxygen atoms in total. The Hall–Kier alpha value is -2.90. The number of anilines is 1. The fourth-order valence-electron chi connectivity index (χ4n) is 5.53. The van der Waals surface area contributed by atoms with Gasteiger partial charge in [-0.05, 0) is 63.4 Å². The second-order valence-corrected chi connectivity index (χ2v) is 10.2. The monoisotopic (exact) mass is 462 g/mol. The van der Waals surface area contributed by atoms with Crippen LogP contribution in [0.3, 0.4) is 0 Å². The van der Waals surface area contributed by atoms with Crippen LogP contribution in [-0.4, -0.2) is 69.5 Å². The number of fused-ring (bicyclic) bond motifs is 3. The van der Waals surface area contributed by atoms with Crippen molar-refractivity contribution in [1.82, 2.24) is 14.5 Å². The molecule has 2 aliphatic rings. The molecule has 7 heteroatoms. The average Bonchev–Trinajstić information content (AvgIpc) is 3.29. The van der Waals surface area contributed by atoms with Gasteiger partial charge in [-0.3, -0.25) is 4.90 Å². The van der Waals surface area contributed by atoms with Gasteiger partial charge in [0.15, 0.2) is 0 Å². The van der Waals surface area contributed by atoms with Crippen LogP contribution in [0.5, 0.6) is 0 Å². The van der Waals surface area contributed by atoms with Crippen LogP contribution in [0, 0.1) is 0 Å². The van der Waals surface area contributed by atoms with Crippen LogP contribution in [0.25, 0.3) is 11.0 Å². The first-order valence-electron chi connectivity index (χ1n) is 12.3. The summed E-state index contributed by atoms with van der Waals surface area (Å²) in [6, 6.07) is 12.8. The molecule has 2 aliphatic heterocycles. The summed E-state index contributed by atoms with van der Waals surface area (Å²) in [5.41, 5.74) is 3.22. The number of carbonyl (C=O) groups is 1. The van der Waals surface area contributed by atoms with Gasteiger partial charge in [0.2, 0.25) is 0 Å². The van der Waals surface area contributed by atoms with E-state index in [1.807, 2.05) is 51.2 Å². The number of ether oxygens (including phenoxy) is 1. The number of nitrogens with zero attached hydrogens (tertiary/aromatic N) is 4. The van der Waals surface area contributed by atoms with Gasteiger partial charge < -0.3 is 19.3 Å². The van der Waals surface area contributed by atoms with Crippen molar-refractivity contribution in [3.05, 3.63) is 59.9 Å². The number of carbonyl (C=O) groups excluding carboxylic acids is 1. The molecule has 2 fully saturated rings. The van der Waals surface area contributed by atoms with E-state index in [0.717, 1.165) is 30.8 Å². The fourth-order valence-corrected chi connectivity index (χ4v) is 5.53. The molecule has 1 aromatic carbocycles. The molecule has 4 heterocycles. The van der Waals surface area contributed by atoms with Gasteiger partial charge in [-0.25, -0.2) is 9.78 Å². The first kappa shape index (κ1) is 22.9. The van der Waals surface area contributed by atoms with E-state index < -0.39 is 5.60 Å². The zero-order valence-electron chi connectivity index (χ0n) is 20.3. The summed E-state index contributed by atoms with van der Waals surface area (Å²) in [6.45, 7) is 9.36. The number of rotatable bonds is 7. The van der Waals surface area contributed by atoms with E-state index in [2.05, 4.69) is 32.7 Å². The predicted molar refractivity (Wildman–Crippen MR) is 133 cm³/mol. The van der Waals surface area contributed by atoms with Crippen molar-refractivity contribution >= 4 is 22.7 Å². The molecule has 5 rings (SSSR count). The van der Waals surface area contributed by atoms with Gasteiger partial charge in [-0.15, -0.1) is 0 Å². The van der Waals surface area contributed by atoms with E-state index in [0.29, 0.717) is 30.8 Å². The minimum atomic E-state index is -0.668. The Bertz CT molecular complexity index is 1150. The van der Waals surface area contributed by atoms with Crippen LogP contribution < -0.4 is 4.90 Å². The Labute approximate surface area is 200 Å². The average molecular weight is 463 g/mol. The summed E-state index contributed by atoms with van der Waals surface area (Å²) < 4.78 is 7.24. The molecule has 0 spiro atoms. The molecular weight excluding hydrogens is 428 g/mol. The Kier molecular flexibility index (Phi) is 6.08. The number of hydrogen-bond donors (Lipinski definition) is 1. The van der Waals surface area contributed by atoms with Gasteiger partial charge in [-0.2, -0.15) is 0 Å². The summed E-state index contributed by atoms with van der Waals surface area (Å²) in [4.78, 5) is 21.6. The van der Waals surface area contributed by atoms with E-state index in [-0.39, 0.29) is 5.97 Å². The zero-order chi connectivity index (χ0) is 23.9. The Morgan fingerprint density at radius 2 is 1.82 bits per heavy atom. The largest absolute Gasteiger partial charge is 0.462 e. The van der Waals surface area contributed by atoms with Crippen molar-refractivity contribution < 1.29 is 14.6 Å². The summed E-state index contributed by atoms with van der Waals surface area (Å²) >= 11 is 0. The van der Waals surface area contributed by atoms with Gasteiger partial charge in [0.1, 0.15) is 5.65 Å². The maximum Gasteiger partial charge on any atom is 0.338 e. The lowest BCUT2D eigenvalue weighted by Gasteiger charge is -2.44. The number of aliphatic hydroxyl groups is 1. The molecular formula is C27H34N4O3. The van der Waals surface area contributed by atoms with Crippen LogP contribution in [-0.2, 0) is 11.3 Å². The molecule has 0 amide bonds. The van der Waals surface area contributed by atoms with Gasteiger partial charge in [0, 0.05) is 61.7 Å². The molecule has 0 saturated carbocycles. The second kappa shape index (κ2) is 9.04. The SMILES string of the molecule is CCOC(=O)c1ccc(Cn2ccc3c(N4C[C@H]5CC[C@@H](C4)N5CC(C)(C)O)ccnc32)cc1. The molecule has 2 bridgehead atoms. The highest BCUT2D eigenvalue weighted by Crippen LogP contribution is 2.36. The quantitative estimate of drug-likeness (QED) is 0.540. The summed E-state index contributed by atoms with van der Waals surface area (Å²) in [5, 5.41) is 11.5. The van der Waals surface area contributed by atoms with E-state index in [1.54, 1.807) is 0 Å². The highest BCUT2D eigenvalue weighted by atomic mass is 16.5. The lowest BCUT2D eigenvalue weighted by atomic mass is 10.1. The van der Waals surface area contributed by atoms with Crippen molar-refractivity contribution in [1.29, 1.82) is 0 Å². The second-order valence-electron chi connectivity index (χ2n) is 10.2. The van der Waals surface area contributed by atoms with Crippen LogP contribution in [0.4, 0.5) is 5.69 Å². The maximum absolute atomic E-state index is 11.9. The van der Waals surface area contributed by atoms with E-state index in [1.165, 1.54) is 23.9 Å². The molecule has 0 unspecified atom stereocenters. The lowest BCUT2D eigenvalue weighted by molar-refractivity contribution is 0.0139. The van der Waals surface area contributed by atoms with Crippen LogP contribution >= 0.6 is 0 Å². The first-order chi connectivity index (χ1) is 16.3. The summed E-state index contributed by atoms with van der Waals surface area (Å²) in [6.07, 6.45) is 6.38. The van der Waals surface area contributed by atoms with E-state index >= 15 is 0 Å². The van der Waals surface area contributed by atoms with Crippen molar-refractivity contribution in [3.8, 4) is 0 Å². The molecule has 0 radical (unpaired) electrons. The third-order valence-corrected chi connectivity index (χ3v) is 7.00. The minimum absolute atomic E-state index is 0.289. The Morgan fingerprint density at radius 1 is 1.12 bits per heavy atom. The van der Waals surface area contributed by atoms with Crippen LogP contribution in [0.1, 0.15) is 49.5 Å². The topological polar surface area (TPSA) is 70.8 Å². The minimum Gasteiger partial charge on any atom is -0.462 e. The van der Waals surface area contributed by atoms with Gasteiger partial charge >= 0.3 is 5.97 Å². The molecule has 34 heavy (non-hydrogen) atoms. The highest BCUT2D eigenvalue weighted by Gasteiger charge is 2.41. The normalized spacial score (nSPS) is 20.8. The van der Waals surface area contributed by atoms with Crippen molar-refractivity contribution in [2.45, 2.75) is 57.8 Å². The number of aromatic nitrogens is 2. The van der Waals surface area contributed by atoms with Gasteiger partial charge in [0.05, 0.1) is 17.8 Å². The number of piperazine rings is 1. The standard InChI is InChI=1S/C27H34N4O3/c1-4-34-26(32)20-7-5-19(6-8-20)15-29-14-12-23-24(11-13-28-25(23)29)30-16-21-9-10-22(17-30)31(21)18-27(2,3)33/h5-8,11-14,21-22,33H,4,9-10,15-18H2,1-3H3/t21-,22+. The highest BCUT2D eigenvalue weighted by molar-refractivity contribution is 5.91. The number of pyridine rings is 1. The molecule has 3 aromatic rings. The first-order valence-corrected chi connectivity index (χ1v) is 12.3. The molecule has 0 aliphatic carbocycles. The van der Waals surface area contributed by atoms with E-state index in [9.17, 15) is 9.90 Å². The van der Waals surface area contributed by atoms with Crippen LogP contribution in [0.15, 0.2) is 48.8 Å². The van der Waals surface area contributed by atoms with E-state index in [4.69, 9.17) is 9.72 Å². The number of benzene rings is 1. The predicted octanol–water partition coefficient (Wildman–Crippen LogP) is 3.69. The third-order valence-electron chi connectivity index (χ3n) is 7.00. The molecule has 1 N–H and O–H groups in total. The zero-order valence-corrected chi connectivity index (χ0v) is 20.3. The maximum atomic E-state index is 11.9. The Balaban J connectivity index is 1.34. The van der Waals surface area contributed by atoms with Crippen molar-refractivity contribution in [3.63, 3.8) is 0 Å². The van der Waals surface area contributed by atoms with Crippen molar-refractivity contribution in [2.24, 2.45) is 0 Å². The molecule has 2 aromatic heterocycles. The number of hydrogen-bond acceptors (Lipinski definition) is 6. The molecule has 2 atom stereocenters. The smallest absolute Gasteiger partial charge is 0.338 e. The van der Waals surface area contributed by atoms with Crippen LogP contribution in [0.2, 0.25) is 0 Å². The lowest BCUT2D eigenvalue weighted by Crippen LogP contribution is -2.57. The molecule has 2 saturated heterocycles. The summed E-state index contributed by atoms with van der Waals surface area (Å²) in [7, 11) is 0. The van der Waals surface area contributed by atoms with Gasteiger partial charge in [-0.1, -0.05) is 12.1 Å². The summed E-state index contributed by atoms with van der Waals surface area (Å²) in [5.74, 6) is -0.289.